The summed E-state index contributed by atoms with van der Waals surface area (Å²) in [5.41, 5.74) is 0.629. The normalized spacial score (nSPS) is 12.0. The number of hydrogen-bond acceptors (Lipinski definition) is 1. The summed E-state index contributed by atoms with van der Waals surface area (Å²) in [5, 5.41) is 0. The van der Waals surface area contributed by atoms with Crippen LogP contribution in [0.5, 0.6) is 0 Å². The van der Waals surface area contributed by atoms with Crippen molar-refractivity contribution in [2.75, 3.05) is 5.75 Å². The Labute approximate surface area is 244 Å². The number of rotatable bonds is 2. The van der Waals surface area contributed by atoms with Gasteiger partial charge < -0.3 is 0 Å². The quantitative estimate of drug-likeness (QED) is 0.242. The Morgan fingerprint density at radius 2 is 0.842 bits per heavy atom. The second-order valence-corrected chi connectivity index (χ2v) is 15.8. The van der Waals surface area contributed by atoms with Gasteiger partial charge in [0.05, 0.1) is 0 Å². The molecule has 0 rings (SSSR count). The van der Waals surface area contributed by atoms with Crippen molar-refractivity contribution in [2.24, 2.45) is 27.1 Å². The van der Waals surface area contributed by atoms with Gasteiger partial charge in [0, 0.05) is 12.8 Å². The van der Waals surface area contributed by atoms with Crippen LogP contribution >= 0.6 is 12.6 Å². The monoisotopic (exact) mass is 585 g/mol. The fraction of sp³-hybridized carbons (Fsp3) is 1.00. The molecule has 0 N–H and O–H groups in total. The molecule has 0 aromatic rings. The fourth-order valence-electron chi connectivity index (χ4n) is 1.81. The standard InChI is InChI=1S/C7H16.C6H11F3.C6H12F2.C6H14.C5H12S.2CH4/c1-5-6-7(2,3)4;1-5(2,3)4-6(7,8)9;1-6(2,3)4-5(7)8;1-5-6(2,3)4;1-5(2,3)4-6;;/h5-6H2,1-4H3;4H2,1-3H3;5H,4H2,1-3H3;5H2,1-4H3;6H,4H2,1-3H3;2*1H4. The van der Waals surface area contributed by atoms with Gasteiger partial charge >= 0.3 is 6.18 Å². The second kappa shape index (κ2) is 23.7. The van der Waals surface area contributed by atoms with Crippen molar-refractivity contribution >= 4 is 12.6 Å². The molecule has 0 unspecified atom stereocenters. The van der Waals surface area contributed by atoms with Crippen LogP contribution < -0.4 is 0 Å². The van der Waals surface area contributed by atoms with Crippen molar-refractivity contribution in [1.82, 2.24) is 0 Å². The minimum Gasteiger partial charge on any atom is -0.211 e. The summed E-state index contributed by atoms with van der Waals surface area (Å²) >= 11 is 4.10. The van der Waals surface area contributed by atoms with E-state index in [4.69, 9.17) is 0 Å². The first-order valence-electron chi connectivity index (χ1n) is 13.3. The smallest absolute Gasteiger partial charge is 0.211 e. The highest BCUT2D eigenvalue weighted by Crippen LogP contribution is 2.32. The molecule has 0 atom stereocenters. The lowest BCUT2D eigenvalue weighted by Gasteiger charge is -2.19. The first-order chi connectivity index (χ1) is 15.3. The highest BCUT2D eigenvalue weighted by Gasteiger charge is 2.33. The van der Waals surface area contributed by atoms with Crippen LogP contribution in [-0.4, -0.2) is 18.4 Å². The van der Waals surface area contributed by atoms with Gasteiger partial charge in [-0.1, -0.05) is 145 Å². The first kappa shape index (κ1) is 54.1. The van der Waals surface area contributed by atoms with Crippen LogP contribution in [0.4, 0.5) is 22.0 Å². The van der Waals surface area contributed by atoms with E-state index < -0.39 is 24.4 Å². The molecule has 0 aliphatic heterocycles. The summed E-state index contributed by atoms with van der Waals surface area (Å²) in [5.74, 6) is 0.965. The summed E-state index contributed by atoms with van der Waals surface area (Å²) in [4.78, 5) is 0. The Morgan fingerprint density at radius 3 is 0.842 bits per heavy atom. The molecule has 0 fully saturated rings. The van der Waals surface area contributed by atoms with Crippen LogP contribution in [0.1, 0.15) is 165 Å². The molecule has 0 saturated carbocycles. The van der Waals surface area contributed by atoms with Crippen molar-refractivity contribution in [2.45, 2.75) is 177 Å². The number of hydrogen-bond donors (Lipinski definition) is 1. The van der Waals surface area contributed by atoms with Gasteiger partial charge in [-0.15, -0.1) is 0 Å². The van der Waals surface area contributed by atoms with Crippen molar-refractivity contribution in [3.8, 4) is 0 Å². The van der Waals surface area contributed by atoms with E-state index in [1.54, 1.807) is 41.5 Å². The lowest BCUT2D eigenvalue weighted by atomic mass is 9.91. The fourth-order valence-corrected chi connectivity index (χ4v) is 1.81. The Balaban J connectivity index is -0.0000000629. The molecule has 0 radical (unpaired) electrons. The van der Waals surface area contributed by atoms with Crippen LogP contribution in [0, 0.1) is 27.1 Å². The minimum absolute atomic E-state index is 0. The first-order valence-corrected chi connectivity index (χ1v) is 13.9. The Hall–Kier alpha value is -0.0000000000000000555. The maximum atomic E-state index is 11.6. The summed E-state index contributed by atoms with van der Waals surface area (Å²) in [6.07, 6.45) is -2.97. The molecule has 0 bridgehead atoms. The van der Waals surface area contributed by atoms with E-state index in [2.05, 4.69) is 88.8 Å². The van der Waals surface area contributed by atoms with Gasteiger partial charge in [-0.2, -0.15) is 25.8 Å². The molecule has 0 saturated heterocycles. The third-order valence-electron chi connectivity index (χ3n) is 4.03. The molecule has 38 heavy (non-hydrogen) atoms. The third-order valence-corrected chi connectivity index (χ3v) is 4.98. The number of alkyl halides is 5. The van der Waals surface area contributed by atoms with Gasteiger partial charge in [-0.3, -0.25) is 0 Å². The minimum atomic E-state index is -4.02. The molecule has 0 heterocycles. The Kier molecular flexibility index (Phi) is 33.7. The molecule has 0 amide bonds. The van der Waals surface area contributed by atoms with Gasteiger partial charge in [-0.25, -0.2) is 8.78 Å². The van der Waals surface area contributed by atoms with Crippen LogP contribution in [0.3, 0.4) is 0 Å². The molecular formula is C32H73F5S. The van der Waals surface area contributed by atoms with Gasteiger partial charge in [-0.05, 0) is 39.2 Å². The molecule has 0 aliphatic rings. The SMILES string of the molecule is C.C.CC(C)(C)CC(F)(F)F.CC(C)(C)CC(F)F.CC(C)(C)CS.CCC(C)(C)C.CCCC(C)(C)C. The summed E-state index contributed by atoms with van der Waals surface area (Å²) in [6.45, 7) is 34.6. The van der Waals surface area contributed by atoms with Gasteiger partial charge in [0.15, 0.2) is 0 Å². The molecule has 0 aromatic heterocycles. The van der Waals surface area contributed by atoms with E-state index in [1.165, 1.54) is 19.3 Å². The Morgan fingerprint density at radius 1 is 0.553 bits per heavy atom. The highest BCUT2D eigenvalue weighted by atomic mass is 32.1. The third kappa shape index (κ3) is 100. The van der Waals surface area contributed by atoms with E-state index in [0.717, 1.165) is 5.75 Å². The second-order valence-electron chi connectivity index (χ2n) is 15.5. The van der Waals surface area contributed by atoms with E-state index in [0.29, 0.717) is 16.2 Å². The van der Waals surface area contributed by atoms with Crippen molar-refractivity contribution in [1.29, 1.82) is 0 Å². The van der Waals surface area contributed by atoms with Crippen molar-refractivity contribution in [3.63, 3.8) is 0 Å². The molecule has 0 spiro atoms. The van der Waals surface area contributed by atoms with E-state index in [9.17, 15) is 22.0 Å². The molecule has 0 nitrogen and oxygen atoms in total. The number of thiol groups is 1. The van der Waals surface area contributed by atoms with E-state index >= 15 is 0 Å². The largest absolute Gasteiger partial charge is 0.389 e. The molecule has 0 aliphatic carbocycles. The maximum Gasteiger partial charge on any atom is 0.389 e. The van der Waals surface area contributed by atoms with E-state index in [-0.39, 0.29) is 26.7 Å². The van der Waals surface area contributed by atoms with Gasteiger partial charge in [0.1, 0.15) is 0 Å². The van der Waals surface area contributed by atoms with Crippen LogP contribution in [0.25, 0.3) is 0 Å². The molecule has 0 aromatic carbocycles. The van der Waals surface area contributed by atoms with Crippen molar-refractivity contribution < 1.29 is 22.0 Å². The van der Waals surface area contributed by atoms with Crippen LogP contribution in [0.15, 0.2) is 0 Å². The van der Waals surface area contributed by atoms with E-state index in [1.807, 2.05) is 0 Å². The van der Waals surface area contributed by atoms with Gasteiger partial charge in [0.2, 0.25) is 6.43 Å². The highest BCUT2D eigenvalue weighted by molar-refractivity contribution is 7.80. The predicted octanol–water partition coefficient (Wildman–Crippen LogP) is 14.2. The lowest BCUT2D eigenvalue weighted by Crippen LogP contribution is -2.18. The molecule has 6 heteroatoms. The zero-order valence-corrected chi connectivity index (χ0v) is 28.1. The Bertz CT molecular complexity index is 437. The van der Waals surface area contributed by atoms with Crippen LogP contribution in [0.2, 0.25) is 0 Å². The lowest BCUT2D eigenvalue weighted by molar-refractivity contribution is -0.152. The van der Waals surface area contributed by atoms with Crippen LogP contribution in [-0.2, 0) is 0 Å². The zero-order chi connectivity index (χ0) is 30.8. The maximum absolute atomic E-state index is 11.6. The predicted molar refractivity (Wildman–Crippen MR) is 171 cm³/mol. The zero-order valence-electron chi connectivity index (χ0n) is 27.2. The summed E-state index contributed by atoms with van der Waals surface area (Å²) < 4.78 is 57.7. The molecule has 242 valence electrons. The topological polar surface area (TPSA) is 0 Å². The van der Waals surface area contributed by atoms with Crippen molar-refractivity contribution in [3.05, 3.63) is 0 Å². The number of halogens is 5. The average molecular weight is 585 g/mol. The summed E-state index contributed by atoms with van der Waals surface area (Å²) in [6, 6.07) is 0. The summed E-state index contributed by atoms with van der Waals surface area (Å²) in [7, 11) is 0. The average Bonchev–Trinajstić information content (AvgIpc) is 2.48. The molecular weight excluding hydrogens is 511 g/mol. The van der Waals surface area contributed by atoms with Gasteiger partial charge in [0.25, 0.3) is 0 Å².